The molecule has 0 fully saturated rings. The van der Waals surface area contributed by atoms with Crippen molar-refractivity contribution in [3.63, 3.8) is 0 Å². The third kappa shape index (κ3) is 4.57. The van der Waals surface area contributed by atoms with Gasteiger partial charge in [0.2, 0.25) is 5.91 Å². The number of methoxy groups -OCH3 is 1. The van der Waals surface area contributed by atoms with E-state index in [1.807, 2.05) is 13.8 Å². The first-order valence-electron chi connectivity index (χ1n) is 9.67. The van der Waals surface area contributed by atoms with Crippen LogP contribution in [0.3, 0.4) is 0 Å². The summed E-state index contributed by atoms with van der Waals surface area (Å²) >= 11 is 6.02. The van der Waals surface area contributed by atoms with Crippen molar-refractivity contribution in [1.82, 2.24) is 9.13 Å². The number of fused-ring (bicyclic) bond motifs is 1. The summed E-state index contributed by atoms with van der Waals surface area (Å²) in [6.07, 6.45) is 0.680. The topological polar surface area (TPSA) is 82.3 Å². The number of para-hydroxylation sites is 1. The van der Waals surface area contributed by atoms with Crippen molar-refractivity contribution in [3.8, 4) is 5.75 Å². The molecule has 0 aliphatic heterocycles. The quantitative estimate of drug-likeness (QED) is 0.623. The van der Waals surface area contributed by atoms with E-state index >= 15 is 0 Å². The lowest BCUT2D eigenvalue weighted by molar-refractivity contribution is -0.116. The van der Waals surface area contributed by atoms with Gasteiger partial charge in [0, 0.05) is 11.6 Å². The Morgan fingerprint density at radius 2 is 1.87 bits per heavy atom. The molecule has 7 nitrogen and oxygen atoms in total. The summed E-state index contributed by atoms with van der Waals surface area (Å²) in [6, 6.07) is 11.7. The lowest BCUT2D eigenvalue weighted by atomic mass is 10.1. The molecule has 8 heteroatoms. The van der Waals surface area contributed by atoms with E-state index in [1.54, 1.807) is 42.5 Å². The summed E-state index contributed by atoms with van der Waals surface area (Å²) < 4.78 is 7.77. The Hall–Kier alpha value is -3.06. The van der Waals surface area contributed by atoms with Crippen molar-refractivity contribution in [3.05, 3.63) is 68.3 Å². The maximum Gasteiger partial charge on any atom is 0.331 e. The number of benzene rings is 2. The largest absolute Gasteiger partial charge is 0.495 e. The third-order valence-electron chi connectivity index (χ3n) is 4.80. The van der Waals surface area contributed by atoms with Crippen LogP contribution < -0.4 is 21.3 Å². The number of hydrogen-bond donors (Lipinski definition) is 1. The van der Waals surface area contributed by atoms with Gasteiger partial charge >= 0.3 is 5.69 Å². The van der Waals surface area contributed by atoms with Crippen LogP contribution in [-0.4, -0.2) is 22.2 Å². The Balaban J connectivity index is 2.01. The number of nitrogens with zero attached hydrogens (tertiary/aromatic N) is 2. The zero-order valence-electron chi connectivity index (χ0n) is 17.1. The number of hydrogen-bond acceptors (Lipinski definition) is 4. The van der Waals surface area contributed by atoms with E-state index in [1.165, 1.54) is 16.2 Å². The number of carbonyl (C=O) groups excluding carboxylic acids is 1. The molecule has 0 bridgehead atoms. The second-order valence-electron chi connectivity index (χ2n) is 7.42. The van der Waals surface area contributed by atoms with E-state index < -0.39 is 11.6 Å². The van der Waals surface area contributed by atoms with Gasteiger partial charge in [-0.3, -0.25) is 18.7 Å². The number of nitrogens with one attached hydrogen (secondary N) is 1. The Labute approximate surface area is 178 Å². The summed E-state index contributed by atoms with van der Waals surface area (Å²) in [5.41, 5.74) is -0.0287. The average Bonchev–Trinajstić information content (AvgIpc) is 2.71. The monoisotopic (exact) mass is 429 g/mol. The maximum absolute atomic E-state index is 13.1. The second kappa shape index (κ2) is 9.17. The summed E-state index contributed by atoms with van der Waals surface area (Å²) in [5.74, 6) is 0.346. The van der Waals surface area contributed by atoms with Crippen LogP contribution in [0.25, 0.3) is 10.9 Å². The van der Waals surface area contributed by atoms with Crippen molar-refractivity contribution in [1.29, 1.82) is 0 Å². The van der Waals surface area contributed by atoms with Crippen molar-refractivity contribution < 1.29 is 9.53 Å². The zero-order valence-corrected chi connectivity index (χ0v) is 17.9. The van der Waals surface area contributed by atoms with Crippen molar-refractivity contribution >= 4 is 34.1 Å². The molecule has 3 aromatic rings. The standard InChI is InChI=1S/C22H24ClN3O4/c1-14(2)10-11-25-21(28)16-6-4-5-7-18(16)26(22(25)29)13-20(27)24-17-12-15(23)8-9-19(17)30-3/h4-9,12,14H,10-11,13H2,1-3H3,(H,24,27). The van der Waals surface area contributed by atoms with Crippen LogP contribution >= 0.6 is 11.6 Å². The minimum Gasteiger partial charge on any atom is -0.495 e. The first kappa shape index (κ1) is 21.6. The molecule has 1 aromatic heterocycles. The molecule has 0 unspecified atom stereocenters. The van der Waals surface area contributed by atoms with E-state index in [4.69, 9.17) is 16.3 Å². The van der Waals surface area contributed by atoms with Gasteiger partial charge in [-0.05, 0) is 42.7 Å². The number of ether oxygens (including phenoxy) is 1. The van der Waals surface area contributed by atoms with Gasteiger partial charge in [-0.15, -0.1) is 0 Å². The molecule has 0 spiro atoms. The summed E-state index contributed by atoms with van der Waals surface area (Å²) in [6.45, 7) is 4.09. The van der Waals surface area contributed by atoms with E-state index in [0.29, 0.717) is 46.2 Å². The van der Waals surface area contributed by atoms with Gasteiger partial charge in [-0.2, -0.15) is 0 Å². The van der Waals surface area contributed by atoms with E-state index in [-0.39, 0.29) is 12.1 Å². The van der Waals surface area contributed by atoms with Crippen LogP contribution in [0.5, 0.6) is 5.75 Å². The van der Waals surface area contributed by atoms with Gasteiger partial charge in [-0.25, -0.2) is 4.79 Å². The van der Waals surface area contributed by atoms with Gasteiger partial charge in [0.1, 0.15) is 12.3 Å². The average molecular weight is 430 g/mol. The Morgan fingerprint density at radius 3 is 2.57 bits per heavy atom. The number of halogens is 1. The van der Waals surface area contributed by atoms with E-state index in [0.717, 1.165) is 0 Å². The van der Waals surface area contributed by atoms with Crippen molar-refractivity contribution in [2.45, 2.75) is 33.4 Å². The minimum absolute atomic E-state index is 0.253. The highest BCUT2D eigenvalue weighted by molar-refractivity contribution is 6.31. The number of aromatic nitrogens is 2. The molecule has 1 heterocycles. The predicted molar refractivity (Wildman–Crippen MR) is 119 cm³/mol. The molecule has 1 amide bonds. The van der Waals surface area contributed by atoms with Crippen LogP contribution in [0.15, 0.2) is 52.1 Å². The number of amides is 1. The number of rotatable bonds is 7. The van der Waals surface area contributed by atoms with Crippen LogP contribution in [0, 0.1) is 5.92 Å². The highest BCUT2D eigenvalue weighted by atomic mass is 35.5. The zero-order chi connectivity index (χ0) is 21.8. The predicted octanol–water partition coefficient (Wildman–Crippen LogP) is 3.51. The summed E-state index contributed by atoms with van der Waals surface area (Å²) in [4.78, 5) is 38.7. The highest BCUT2D eigenvalue weighted by Crippen LogP contribution is 2.27. The molecule has 0 saturated carbocycles. The third-order valence-corrected chi connectivity index (χ3v) is 5.03. The molecular formula is C22H24ClN3O4. The van der Waals surface area contributed by atoms with Gasteiger partial charge in [0.15, 0.2) is 0 Å². The Bertz CT molecular complexity index is 1200. The lowest BCUT2D eigenvalue weighted by Gasteiger charge is -2.15. The Morgan fingerprint density at radius 1 is 1.13 bits per heavy atom. The molecule has 1 N–H and O–H groups in total. The van der Waals surface area contributed by atoms with Crippen molar-refractivity contribution in [2.24, 2.45) is 5.92 Å². The number of anilines is 1. The molecule has 158 valence electrons. The number of carbonyl (C=O) groups is 1. The van der Waals surface area contributed by atoms with Crippen molar-refractivity contribution in [2.75, 3.05) is 12.4 Å². The van der Waals surface area contributed by atoms with Crippen LogP contribution in [0.4, 0.5) is 5.69 Å². The maximum atomic E-state index is 13.1. The molecule has 30 heavy (non-hydrogen) atoms. The van der Waals surface area contributed by atoms with Gasteiger partial charge < -0.3 is 10.1 Å². The minimum atomic E-state index is -0.507. The lowest BCUT2D eigenvalue weighted by Crippen LogP contribution is -2.42. The molecule has 3 rings (SSSR count). The SMILES string of the molecule is COc1ccc(Cl)cc1NC(=O)Cn1c(=O)n(CCC(C)C)c(=O)c2ccccc21. The van der Waals surface area contributed by atoms with Crippen LogP contribution in [-0.2, 0) is 17.9 Å². The summed E-state index contributed by atoms with van der Waals surface area (Å²) in [5, 5.41) is 3.57. The molecular weight excluding hydrogens is 406 g/mol. The first-order valence-corrected chi connectivity index (χ1v) is 10.1. The molecule has 0 atom stereocenters. The highest BCUT2D eigenvalue weighted by Gasteiger charge is 2.16. The fourth-order valence-corrected chi connectivity index (χ4v) is 3.39. The van der Waals surface area contributed by atoms with Gasteiger partial charge in [0.25, 0.3) is 5.56 Å². The van der Waals surface area contributed by atoms with E-state index in [9.17, 15) is 14.4 Å². The fourth-order valence-electron chi connectivity index (χ4n) is 3.22. The second-order valence-corrected chi connectivity index (χ2v) is 7.85. The molecule has 0 aliphatic rings. The molecule has 0 aliphatic carbocycles. The molecule has 0 radical (unpaired) electrons. The van der Waals surface area contributed by atoms with Crippen LogP contribution in [0.2, 0.25) is 5.02 Å². The molecule has 0 saturated heterocycles. The van der Waals surface area contributed by atoms with E-state index in [2.05, 4.69) is 5.32 Å². The van der Waals surface area contributed by atoms with Crippen LogP contribution in [0.1, 0.15) is 20.3 Å². The fraction of sp³-hybridized carbons (Fsp3) is 0.318. The van der Waals surface area contributed by atoms with Gasteiger partial charge in [0.05, 0.1) is 23.7 Å². The Kier molecular flexibility index (Phi) is 6.62. The smallest absolute Gasteiger partial charge is 0.331 e. The van der Waals surface area contributed by atoms with Gasteiger partial charge in [-0.1, -0.05) is 37.6 Å². The molecule has 2 aromatic carbocycles. The summed E-state index contributed by atoms with van der Waals surface area (Å²) in [7, 11) is 1.49. The first-order chi connectivity index (χ1) is 14.3. The normalized spacial score (nSPS) is 11.1.